The minimum atomic E-state index is -1.17. The Labute approximate surface area is 254 Å². The van der Waals surface area contributed by atoms with Crippen molar-refractivity contribution in [3.63, 3.8) is 0 Å². The predicted octanol–water partition coefficient (Wildman–Crippen LogP) is 2.92. The van der Waals surface area contributed by atoms with E-state index in [0.717, 1.165) is 0 Å². The fourth-order valence-electron chi connectivity index (χ4n) is 6.97. The van der Waals surface area contributed by atoms with Crippen molar-refractivity contribution in [2.45, 2.75) is 88.8 Å². The van der Waals surface area contributed by atoms with Crippen molar-refractivity contribution in [2.24, 2.45) is 11.8 Å². The second-order valence-corrected chi connectivity index (χ2v) is 12.0. The SMILES string of the molecule is C=CCCC(=O)N[C@H](C)[C@@H](OC(=O)[C@@H]1[C@@H]2CC[C@]3(O2)[C@H](C(=O)N(CC=C)C(C)C)N(CCCO)C(=O)[C@@H]13)c1ccccc1. The van der Waals surface area contributed by atoms with Crippen molar-refractivity contribution in [1.29, 1.82) is 0 Å². The molecule has 4 rings (SSSR count). The fraction of sp³-hybridized carbons (Fsp3) is 0.576. The van der Waals surface area contributed by atoms with Crippen molar-refractivity contribution in [3.8, 4) is 0 Å². The van der Waals surface area contributed by atoms with Crippen LogP contribution >= 0.6 is 0 Å². The molecule has 0 saturated carbocycles. The molecule has 0 aromatic heterocycles. The van der Waals surface area contributed by atoms with Crippen LogP contribution in [0.4, 0.5) is 0 Å². The lowest BCUT2D eigenvalue weighted by atomic mass is 9.70. The largest absolute Gasteiger partial charge is 0.455 e. The first-order valence-corrected chi connectivity index (χ1v) is 15.3. The van der Waals surface area contributed by atoms with E-state index >= 15 is 0 Å². The molecular formula is C33H45N3O7. The van der Waals surface area contributed by atoms with E-state index in [4.69, 9.17) is 9.47 Å². The van der Waals surface area contributed by atoms with Crippen LogP contribution < -0.4 is 5.32 Å². The van der Waals surface area contributed by atoms with Gasteiger partial charge in [0.25, 0.3) is 0 Å². The van der Waals surface area contributed by atoms with Crippen molar-refractivity contribution >= 4 is 23.7 Å². The predicted molar refractivity (Wildman–Crippen MR) is 160 cm³/mol. The van der Waals surface area contributed by atoms with Gasteiger partial charge >= 0.3 is 5.97 Å². The maximum atomic E-state index is 14.1. The molecule has 3 aliphatic heterocycles. The Morgan fingerprint density at radius 2 is 1.93 bits per heavy atom. The molecule has 0 radical (unpaired) electrons. The normalized spacial score (nSPS) is 27.0. The van der Waals surface area contributed by atoms with Crippen LogP contribution in [0.1, 0.15) is 64.5 Å². The van der Waals surface area contributed by atoms with E-state index in [2.05, 4.69) is 18.5 Å². The third kappa shape index (κ3) is 6.26. The monoisotopic (exact) mass is 595 g/mol. The highest BCUT2D eigenvalue weighted by Crippen LogP contribution is 2.59. The number of aliphatic hydroxyl groups is 1. The van der Waals surface area contributed by atoms with E-state index < -0.39 is 47.7 Å². The first-order chi connectivity index (χ1) is 20.6. The number of aliphatic hydroxyl groups excluding tert-OH is 1. The Bertz CT molecular complexity index is 1200. The molecule has 7 atom stereocenters. The number of amides is 3. The highest BCUT2D eigenvalue weighted by Gasteiger charge is 2.75. The third-order valence-corrected chi connectivity index (χ3v) is 8.89. The summed E-state index contributed by atoms with van der Waals surface area (Å²) in [6.07, 6.45) is 3.99. The fourth-order valence-corrected chi connectivity index (χ4v) is 6.97. The molecule has 2 N–H and O–H groups in total. The van der Waals surface area contributed by atoms with Gasteiger partial charge in [0, 0.05) is 32.2 Å². The summed E-state index contributed by atoms with van der Waals surface area (Å²) >= 11 is 0. The third-order valence-electron chi connectivity index (χ3n) is 8.89. The summed E-state index contributed by atoms with van der Waals surface area (Å²) < 4.78 is 12.7. The quantitative estimate of drug-likeness (QED) is 0.236. The van der Waals surface area contributed by atoms with Crippen LogP contribution in [0.25, 0.3) is 0 Å². The zero-order valence-corrected chi connectivity index (χ0v) is 25.4. The zero-order chi connectivity index (χ0) is 31.3. The molecule has 10 heteroatoms. The van der Waals surface area contributed by atoms with E-state index in [0.29, 0.717) is 37.8 Å². The molecule has 0 unspecified atom stereocenters. The van der Waals surface area contributed by atoms with Gasteiger partial charge in [-0.15, -0.1) is 13.2 Å². The highest BCUT2D eigenvalue weighted by atomic mass is 16.6. The average molecular weight is 596 g/mol. The molecule has 3 saturated heterocycles. The minimum Gasteiger partial charge on any atom is -0.455 e. The van der Waals surface area contributed by atoms with Gasteiger partial charge in [0.15, 0.2) is 0 Å². The molecule has 1 aromatic rings. The number of fused-ring (bicyclic) bond motifs is 1. The number of benzene rings is 1. The molecule has 3 fully saturated rings. The number of ether oxygens (including phenoxy) is 2. The van der Waals surface area contributed by atoms with Crippen LogP contribution in [0.15, 0.2) is 55.6 Å². The number of hydrogen-bond donors (Lipinski definition) is 2. The van der Waals surface area contributed by atoms with Crippen LogP contribution in [0.3, 0.4) is 0 Å². The Morgan fingerprint density at radius 3 is 2.56 bits per heavy atom. The number of carbonyl (C=O) groups excluding carboxylic acids is 4. The molecule has 1 aromatic carbocycles. The number of nitrogens with one attached hydrogen (secondary N) is 1. The van der Waals surface area contributed by atoms with Crippen LogP contribution in [0.2, 0.25) is 0 Å². The number of rotatable bonds is 15. The lowest BCUT2D eigenvalue weighted by Crippen LogP contribution is -2.57. The molecule has 1 spiro atoms. The standard InChI is InChI=1S/C33H45N3O7/c1-6-8-15-25(38)34-22(5)28(23-13-10-9-11-14-23)42-32(41)26-24-16-17-33(43-24)27(26)30(39)36(19-12-20-37)29(33)31(40)35(18-7-2)21(3)4/h6-7,9-11,13-14,21-22,24,26-29,37H,1-2,8,12,15-20H2,3-5H3,(H,34,38)/t22-,24+,26-,27-,28-,29+,33-/m1/s1. The molecule has 0 aliphatic carbocycles. The van der Waals surface area contributed by atoms with E-state index in [9.17, 15) is 24.3 Å². The van der Waals surface area contributed by atoms with Crippen LogP contribution in [0, 0.1) is 11.8 Å². The molecule has 3 amide bonds. The van der Waals surface area contributed by atoms with E-state index in [1.165, 1.54) is 4.90 Å². The summed E-state index contributed by atoms with van der Waals surface area (Å²) in [5.74, 6) is -3.16. The smallest absolute Gasteiger partial charge is 0.313 e. The van der Waals surface area contributed by atoms with Crippen molar-refractivity contribution in [2.75, 3.05) is 19.7 Å². The van der Waals surface area contributed by atoms with Crippen LogP contribution in [-0.2, 0) is 28.7 Å². The molecule has 43 heavy (non-hydrogen) atoms. The van der Waals surface area contributed by atoms with Crippen molar-refractivity contribution in [1.82, 2.24) is 15.1 Å². The Kier molecular flexibility index (Phi) is 10.4. The van der Waals surface area contributed by atoms with Crippen LogP contribution in [0.5, 0.6) is 0 Å². The number of hydrogen-bond acceptors (Lipinski definition) is 7. The van der Waals surface area contributed by atoms with Crippen molar-refractivity contribution < 1.29 is 33.8 Å². The Balaban J connectivity index is 1.65. The van der Waals surface area contributed by atoms with E-state index in [1.54, 1.807) is 24.0 Å². The maximum absolute atomic E-state index is 14.1. The van der Waals surface area contributed by atoms with Gasteiger partial charge in [-0.3, -0.25) is 19.2 Å². The first kappa shape index (κ1) is 32.4. The average Bonchev–Trinajstić information content (AvgIpc) is 3.63. The van der Waals surface area contributed by atoms with Gasteiger partial charge in [-0.25, -0.2) is 0 Å². The summed E-state index contributed by atoms with van der Waals surface area (Å²) in [7, 11) is 0. The van der Waals surface area contributed by atoms with Gasteiger partial charge in [-0.05, 0) is 52.0 Å². The van der Waals surface area contributed by atoms with Crippen molar-refractivity contribution in [3.05, 3.63) is 61.2 Å². The number of carbonyl (C=O) groups is 4. The second-order valence-electron chi connectivity index (χ2n) is 12.0. The highest BCUT2D eigenvalue weighted by molar-refractivity contribution is 5.98. The lowest BCUT2D eigenvalue weighted by molar-refractivity contribution is -0.162. The summed E-state index contributed by atoms with van der Waals surface area (Å²) in [6.45, 7) is 13.4. The number of allylic oxidation sites excluding steroid dienone is 1. The van der Waals surface area contributed by atoms with Gasteiger partial charge in [-0.1, -0.05) is 42.5 Å². The number of esters is 1. The van der Waals surface area contributed by atoms with E-state index in [-0.39, 0.29) is 43.3 Å². The first-order valence-electron chi connectivity index (χ1n) is 15.3. The zero-order valence-electron chi connectivity index (χ0n) is 25.4. The Morgan fingerprint density at radius 1 is 1.21 bits per heavy atom. The molecule has 3 aliphatic rings. The molecular weight excluding hydrogens is 550 g/mol. The maximum Gasteiger partial charge on any atom is 0.313 e. The summed E-state index contributed by atoms with van der Waals surface area (Å²) in [5.41, 5.74) is -0.461. The van der Waals surface area contributed by atoms with Crippen LogP contribution in [-0.4, -0.2) is 88.1 Å². The molecule has 3 heterocycles. The van der Waals surface area contributed by atoms with Gasteiger partial charge < -0.3 is 29.7 Å². The Hall–Kier alpha value is -3.50. The number of likely N-dealkylation sites (tertiary alicyclic amines) is 1. The van der Waals surface area contributed by atoms with Gasteiger partial charge in [-0.2, -0.15) is 0 Å². The van der Waals surface area contributed by atoms with Gasteiger partial charge in [0.1, 0.15) is 17.7 Å². The summed E-state index contributed by atoms with van der Waals surface area (Å²) in [4.78, 5) is 58.0. The summed E-state index contributed by atoms with van der Waals surface area (Å²) in [6, 6.07) is 7.55. The summed E-state index contributed by atoms with van der Waals surface area (Å²) in [5, 5.41) is 12.5. The lowest BCUT2D eigenvalue weighted by Gasteiger charge is -2.38. The minimum absolute atomic E-state index is 0.146. The molecule has 2 bridgehead atoms. The topological polar surface area (TPSA) is 125 Å². The van der Waals surface area contributed by atoms with Gasteiger partial charge in [0.05, 0.1) is 24.0 Å². The molecule has 234 valence electrons. The van der Waals surface area contributed by atoms with E-state index in [1.807, 2.05) is 44.2 Å². The molecule has 10 nitrogen and oxygen atoms in total. The van der Waals surface area contributed by atoms with Gasteiger partial charge in [0.2, 0.25) is 17.7 Å². The second kappa shape index (κ2) is 13.9. The number of nitrogens with zero attached hydrogens (tertiary/aromatic N) is 2.